The molecule has 0 bridgehead atoms. The van der Waals surface area contributed by atoms with Crippen LogP contribution in [-0.4, -0.2) is 48.9 Å². The lowest BCUT2D eigenvalue weighted by atomic mass is 9.93. The molecule has 2 aliphatic rings. The van der Waals surface area contributed by atoms with Crippen LogP contribution in [-0.2, 0) is 11.2 Å². The van der Waals surface area contributed by atoms with E-state index in [9.17, 15) is 4.79 Å². The van der Waals surface area contributed by atoms with E-state index in [1.165, 1.54) is 11.1 Å². The Morgan fingerprint density at radius 2 is 1.82 bits per heavy atom. The van der Waals surface area contributed by atoms with Gasteiger partial charge in [-0.05, 0) is 31.9 Å². The van der Waals surface area contributed by atoms with E-state index in [2.05, 4.69) is 48.4 Å². The minimum Gasteiger partial charge on any atom is -0.336 e. The van der Waals surface area contributed by atoms with E-state index in [-0.39, 0.29) is 5.91 Å². The van der Waals surface area contributed by atoms with E-state index in [1.807, 2.05) is 11.0 Å². The molecule has 3 heteroatoms. The number of amides is 1. The minimum atomic E-state index is 0.207. The van der Waals surface area contributed by atoms with Crippen LogP contribution in [0.3, 0.4) is 0 Å². The van der Waals surface area contributed by atoms with Crippen LogP contribution < -0.4 is 0 Å². The molecule has 3 rings (SSSR count). The molecule has 3 nitrogen and oxygen atoms in total. The number of hydrogen-bond donors (Lipinski definition) is 0. The summed E-state index contributed by atoms with van der Waals surface area (Å²) in [7, 11) is 2.11. The quantitative estimate of drug-likeness (QED) is 0.856. The van der Waals surface area contributed by atoms with Gasteiger partial charge in [0.25, 0.3) is 5.91 Å². The van der Waals surface area contributed by atoms with E-state index in [4.69, 9.17) is 0 Å². The zero-order chi connectivity index (χ0) is 15.4. The average Bonchev–Trinajstić information content (AvgIpc) is 2.56. The van der Waals surface area contributed by atoms with Crippen LogP contribution in [0, 0.1) is 0 Å². The molecule has 0 N–H and O–H groups in total. The summed E-state index contributed by atoms with van der Waals surface area (Å²) in [5.74, 6) is 0.207. The normalized spacial score (nSPS) is 19.6. The van der Waals surface area contributed by atoms with Crippen molar-refractivity contribution in [3.8, 4) is 0 Å². The highest BCUT2D eigenvalue weighted by atomic mass is 16.2. The molecule has 1 aromatic rings. The summed E-state index contributed by atoms with van der Waals surface area (Å²) in [6.45, 7) is 3.63. The Bertz CT molecular complexity index is 581. The zero-order valence-corrected chi connectivity index (χ0v) is 13.3. The van der Waals surface area contributed by atoms with Crippen molar-refractivity contribution in [3.05, 3.63) is 59.2 Å². The van der Waals surface area contributed by atoms with Gasteiger partial charge in [-0.3, -0.25) is 4.79 Å². The van der Waals surface area contributed by atoms with E-state index < -0.39 is 0 Å². The van der Waals surface area contributed by atoms with Crippen molar-refractivity contribution in [3.63, 3.8) is 0 Å². The Kier molecular flexibility index (Phi) is 4.74. The number of benzene rings is 1. The second kappa shape index (κ2) is 6.93. The second-order valence-corrected chi connectivity index (χ2v) is 6.26. The molecule has 0 aromatic heterocycles. The third-order valence-electron chi connectivity index (χ3n) is 4.50. The number of nitrogens with zero attached hydrogens (tertiary/aromatic N) is 2. The average molecular weight is 296 g/mol. The lowest BCUT2D eigenvalue weighted by Crippen LogP contribution is -2.47. The van der Waals surface area contributed by atoms with Crippen LogP contribution in [0.4, 0.5) is 0 Å². The number of carbonyl (C=O) groups is 1. The number of carbonyl (C=O) groups excluding carboxylic acids is 1. The summed E-state index contributed by atoms with van der Waals surface area (Å²) in [5, 5.41) is 0. The number of rotatable bonds is 3. The molecule has 0 unspecified atom stereocenters. The van der Waals surface area contributed by atoms with Crippen molar-refractivity contribution < 1.29 is 4.79 Å². The fourth-order valence-electron chi connectivity index (χ4n) is 3.10. The molecule has 0 saturated carbocycles. The predicted molar refractivity (Wildman–Crippen MR) is 89.6 cm³/mol. The molecule has 1 fully saturated rings. The molecule has 1 aliphatic heterocycles. The van der Waals surface area contributed by atoms with Crippen LogP contribution in [0.1, 0.15) is 18.4 Å². The highest BCUT2D eigenvalue weighted by molar-refractivity contribution is 5.96. The van der Waals surface area contributed by atoms with E-state index >= 15 is 0 Å². The first-order valence-corrected chi connectivity index (χ1v) is 8.14. The van der Waals surface area contributed by atoms with E-state index in [0.717, 1.165) is 51.0 Å². The standard InChI is InChI=1S/C19H24N2O/c1-20-10-12-21(13-11-20)19(22)18-9-5-8-17(15-18)14-16-6-3-2-4-7-16/h2-4,6-7,9,15H,5,8,10-14H2,1H3. The monoisotopic (exact) mass is 296 g/mol. The lowest BCUT2D eigenvalue weighted by molar-refractivity contribution is -0.128. The summed E-state index contributed by atoms with van der Waals surface area (Å²) in [6, 6.07) is 10.5. The maximum absolute atomic E-state index is 12.7. The second-order valence-electron chi connectivity index (χ2n) is 6.26. The van der Waals surface area contributed by atoms with E-state index in [1.54, 1.807) is 0 Å². The van der Waals surface area contributed by atoms with Gasteiger partial charge < -0.3 is 9.80 Å². The summed E-state index contributed by atoms with van der Waals surface area (Å²) in [5.41, 5.74) is 3.58. The largest absolute Gasteiger partial charge is 0.336 e. The summed E-state index contributed by atoms with van der Waals surface area (Å²) in [6.07, 6.45) is 7.22. The molecular formula is C19H24N2O. The van der Waals surface area contributed by atoms with Gasteiger partial charge in [-0.1, -0.05) is 48.1 Å². The fraction of sp³-hybridized carbons (Fsp3) is 0.421. The van der Waals surface area contributed by atoms with Crippen LogP contribution in [0.25, 0.3) is 0 Å². The lowest BCUT2D eigenvalue weighted by Gasteiger charge is -2.33. The molecule has 22 heavy (non-hydrogen) atoms. The molecule has 1 saturated heterocycles. The van der Waals surface area contributed by atoms with Gasteiger partial charge in [0.15, 0.2) is 0 Å². The summed E-state index contributed by atoms with van der Waals surface area (Å²) < 4.78 is 0. The first kappa shape index (κ1) is 15.0. The van der Waals surface area contributed by atoms with Crippen LogP contribution in [0.2, 0.25) is 0 Å². The van der Waals surface area contributed by atoms with Gasteiger partial charge in [0, 0.05) is 31.8 Å². The Labute approximate surface area is 132 Å². The Morgan fingerprint density at radius 3 is 2.55 bits per heavy atom. The third kappa shape index (κ3) is 3.66. The molecular weight excluding hydrogens is 272 g/mol. The molecule has 1 aromatic carbocycles. The van der Waals surface area contributed by atoms with E-state index in [0.29, 0.717) is 0 Å². The first-order chi connectivity index (χ1) is 10.7. The van der Waals surface area contributed by atoms with Gasteiger partial charge in [0.1, 0.15) is 0 Å². The first-order valence-electron chi connectivity index (χ1n) is 8.14. The Morgan fingerprint density at radius 1 is 1.09 bits per heavy atom. The SMILES string of the molecule is CN1CCN(C(=O)C2=CCCC(Cc3ccccc3)=C2)CC1. The van der Waals surface area contributed by atoms with Crippen molar-refractivity contribution in [2.45, 2.75) is 19.3 Å². The van der Waals surface area contributed by atoms with Gasteiger partial charge in [0.05, 0.1) is 0 Å². The highest BCUT2D eigenvalue weighted by Gasteiger charge is 2.22. The van der Waals surface area contributed by atoms with Crippen LogP contribution in [0.15, 0.2) is 53.6 Å². The number of hydrogen-bond acceptors (Lipinski definition) is 2. The summed E-state index contributed by atoms with van der Waals surface area (Å²) in [4.78, 5) is 16.9. The van der Waals surface area contributed by atoms with Crippen molar-refractivity contribution >= 4 is 5.91 Å². The molecule has 0 atom stereocenters. The predicted octanol–water partition coefficient (Wildman–Crippen LogP) is 2.65. The summed E-state index contributed by atoms with van der Waals surface area (Å²) >= 11 is 0. The van der Waals surface area contributed by atoms with Gasteiger partial charge in [-0.2, -0.15) is 0 Å². The minimum absolute atomic E-state index is 0.207. The maximum Gasteiger partial charge on any atom is 0.253 e. The smallest absolute Gasteiger partial charge is 0.253 e. The van der Waals surface area contributed by atoms with Gasteiger partial charge in [-0.25, -0.2) is 0 Å². The molecule has 1 amide bonds. The third-order valence-corrected chi connectivity index (χ3v) is 4.50. The van der Waals surface area contributed by atoms with Crippen molar-refractivity contribution in [2.75, 3.05) is 33.2 Å². The van der Waals surface area contributed by atoms with Gasteiger partial charge >= 0.3 is 0 Å². The number of allylic oxidation sites excluding steroid dienone is 2. The van der Waals surface area contributed by atoms with Gasteiger partial charge in [-0.15, -0.1) is 0 Å². The molecule has 0 spiro atoms. The molecule has 116 valence electrons. The topological polar surface area (TPSA) is 23.6 Å². The Balaban J connectivity index is 1.66. The van der Waals surface area contributed by atoms with Crippen LogP contribution in [0.5, 0.6) is 0 Å². The van der Waals surface area contributed by atoms with Crippen molar-refractivity contribution in [1.29, 1.82) is 0 Å². The highest BCUT2D eigenvalue weighted by Crippen LogP contribution is 2.22. The fourth-order valence-corrected chi connectivity index (χ4v) is 3.10. The number of piperazine rings is 1. The molecule has 0 radical (unpaired) electrons. The van der Waals surface area contributed by atoms with Crippen LogP contribution >= 0.6 is 0 Å². The zero-order valence-electron chi connectivity index (χ0n) is 13.3. The Hall–Kier alpha value is -1.87. The number of likely N-dealkylation sites (N-methyl/N-ethyl adjacent to an activating group) is 1. The molecule has 1 aliphatic carbocycles. The van der Waals surface area contributed by atoms with Crippen molar-refractivity contribution in [2.24, 2.45) is 0 Å². The van der Waals surface area contributed by atoms with Gasteiger partial charge in [0.2, 0.25) is 0 Å². The maximum atomic E-state index is 12.7. The van der Waals surface area contributed by atoms with Crippen molar-refractivity contribution in [1.82, 2.24) is 9.80 Å². The molecule has 1 heterocycles.